The van der Waals surface area contributed by atoms with Gasteiger partial charge in [0, 0.05) is 0 Å². The maximum Gasteiger partial charge on any atom is 0.262 e. The van der Waals surface area contributed by atoms with Gasteiger partial charge in [-0.15, -0.1) is 0 Å². The fourth-order valence-electron chi connectivity index (χ4n) is 0.966. The number of oxazole rings is 1. The summed E-state index contributed by atoms with van der Waals surface area (Å²) in [6, 6.07) is 1.55. The summed E-state index contributed by atoms with van der Waals surface area (Å²) in [5, 5.41) is 1.72. The number of hydrogen-bond acceptors (Lipinski definition) is 6. The first-order chi connectivity index (χ1) is 7.70. The van der Waals surface area contributed by atoms with Gasteiger partial charge in [0.05, 0.1) is 16.2 Å². The van der Waals surface area contributed by atoms with E-state index in [4.69, 9.17) is 33.5 Å². The lowest BCUT2D eigenvalue weighted by Crippen LogP contribution is -2.09. The first kappa shape index (κ1) is 11.5. The van der Waals surface area contributed by atoms with Crippen LogP contribution in [0, 0.1) is 0 Å². The summed E-state index contributed by atoms with van der Waals surface area (Å²) >= 11 is 13.0. The Labute approximate surface area is 105 Å². The molecule has 0 bridgehead atoms. The smallest absolute Gasteiger partial charge is 0.262 e. The summed E-state index contributed by atoms with van der Waals surface area (Å²) in [5.74, 6) is 5.60. The Kier molecular flexibility index (Phi) is 3.55. The van der Waals surface area contributed by atoms with E-state index in [0.717, 1.165) is 0 Å². The van der Waals surface area contributed by atoms with Gasteiger partial charge in [0.2, 0.25) is 0 Å². The van der Waals surface area contributed by atoms with Crippen LogP contribution in [-0.2, 0) is 0 Å². The Balaban J connectivity index is 2.33. The zero-order valence-corrected chi connectivity index (χ0v) is 10.1. The van der Waals surface area contributed by atoms with E-state index in [1.807, 2.05) is 0 Å². The Morgan fingerprint density at radius 2 is 2.19 bits per heavy atom. The standard InChI is InChI=1S/C8H6Cl2N4OS/c9-4-3-5(10)7(13-6(4)14-11)16-8-12-1-2-15-8/h1-3H,11H2,(H,13,14). The van der Waals surface area contributed by atoms with Crippen LogP contribution >= 0.6 is 35.0 Å². The van der Waals surface area contributed by atoms with Crippen molar-refractivity contribution < 1.29 is 4.42 Å². The van der Waals surface area contributed by atoms with Crippen molar-refractivity contribution in [3.63, 3.8) is 0 Å². The van der Waals surface area contributed by atoms with Gasteiger partial charge >= 0.3 is 0 Å². The minimum Gasteiger partial charge on any atom is -0.440 e. The molecule has 0 atom stereocenters. The number of hydrogen-bond donors (Lipinski definition) is 2. The molecule has 2 aromatic heterocycles. The molecule has 0 spiro atoms. The highest BCUT2D eigenvalue weighted by Crippen LogP contribution is 2.34. The fourth-order valence-corrected chi connectivity index (χ4v) is 2.17. The van der Waals surface area contributed by atoms with Crippen LogP contribution in [0.5, 0.6) is 0 Å². The lowest BCUT2D eigenvalue weighted by atomic mass is 10.4. The maximum absolute atomic E-state index is 5.97. The highest BCUT2D eigenvalue weighted by atomic mass is 35.5. The summed E-state index contributed by atoms with van der Waals surface area (Å²) < 4.78 is 5.06. The van der Waals surface area contributed by atoms with E-state index in [1.165, 1.54) is 24.2 Å². The van der Waals surface area contributed by atoms with Crippen LogP contribution in [0.25, 0.3) is 0 Å². The molecule has 0 saturated heterocycles. The van der Waals surface area contributed by atoms with Crippen molar-refractivity contribution in [2.45, 2.75) is 10.2 Å². The van der Waals surface area contributed by atoms with Gasteiger partial charge in [0.25, 0.3) is 5.22 Å². The molecule has 8 heteroatoms. The lowest BCUT2D eigenvalue weighted by molar-refractivity contribution is 0.454. The summed E-state index contributed by atoms with van der Waals surface area (Å²) in [6.45, 7) is 0. The normalized spacial score (nSPS) is 10.4. The molecule has 0 saturated carbocycles. The highest BCUT2D eigenvalue weighted by Gasteiger charge is 2.11. The topological polar surface area (TPSA) is 77.0 Å². The van der Waals surface area contributed by atoms with Crippen molar-refractivity contribution in [2.24, 2.45) is 5.84 Å². The third kappa shape index (κ3) is 2.41. The first-order valence-corrected chi connectivity index (χ1v) is 5.68. The summed E-state index contributed by atoms with van der Waals surface area (Å²) in [4.78, 5) is 8.07. The Bertz CT molecular complexity index is 491. The number of nitrogens with two attached hydrogens (primary N) is 1. The highest BCUT2D eigenvalue weighted by molar-refractivity contribution is 7.99. The number of aromatic nitrogens is 2. The van der Waals surface area contributed by atoms with Gasteiger partial charge in [-0.05, 0) is 17.8 Å². The molecule has 2 aromatic rings. The Hall–Kier alpha value is -0.950. The Morgan fingerprint density at radius 3 is 2.81 bits per heavy atom. The molecule has 0 aromatic carbocycles. The van der Waals surface area contributed by atoms with Gasteiger partial charge in [0.1, 0.15) is 11.3 Å². The van der Waals surface area contributed by atoms with Gasteiger partial charge in [-0.1, -0.05) is 23.2 Å². The fraction of sp³-hybridized carbons (Fsp3) is 0. The van der Waals surface area contributed by atoms with Gasteiger partial charge in [0.15, 0.2) is 5.82 Å². The number of nitrogens with one attached hydrogen (secondary N) is 1. The van der Waals surface area contributed by atoms with Crippen molar-refractivity contribution in [3.05, 3.63) is 28.6 Å². The van der Waals surface area contributed by atoms with Crippen LogP contribution in [0.1, 0.15) is 0 Å². The largest absolute Gasteiger partial charge is 0.440 e. The van der Waals surface area contributed by atoms with E-state index < -0.39 is 0 Å². The van der Waals surface area contributed by atoms with Crippen LogP contribution in [0.4, 0.5) is 5.82 Å². The molecule has 0 fully saturated rings. The zero-order valence-electron chi connectivity index (χ0n) is 7.78. The first-order valence-electron chi connectivity index (χ1n) is 4.10. The second-order valence-corrected chi connectivity index (χ2v) is 4.40. The molecule has 3 N–H and O–H groups in total. The minimum absolute atomic E-state index is 0.347. The van der Waals surface area contributed by atoms with Crippen molar-refractivity contribution >= 4 is 40.8 Å². The third-order valence-corrected chi connectivity index (χ3v) is 3.20. The molecule has 0 amide bonds. The molecular formula is C8H6Cl2N4OS. The molecular weight excluding hydrogens is 271 g/mol. The van der Waals surface area contributed by atoms with Crippen LogP contribution in [-0.4, -0.2) is 9.97 Å². The predicted molar refractivity (Wildman–Crippen MR) is 62.7 cm³/mol. The number of nitrogen functional groups attached to an aromatic ring is 1. The molecule has 0 unspecified atom stereocenters. The van der Waals surface area contributed by atoms with E-state index >= 15 is 0 Å². The molecule has 0 aliphatic carbocycles. The molecule has 2 heterocycles. The molecule has 0 aliphatic heterocycles. The van der Waals surface area contributed by atoms with Crippen molar-refractivity contribution in [2.75, 3.05) is 5.43 Å². The third-order valence-electron chi connectivity index (χ3n) is 1.63. The Morgan fingerprint density at radius 1 is 1.38 bits per heavy atom. The van der Waals surface area contributed by atoms with Gasteiger partial charge in [-0.2, -0.15) is 0 Å². The summed E-state index contributed by atoms with van der Waals surface area (Å²) in [6.07, 6.45) is 3.00. The van der Waals surface area contributed by atoms with Crippen LogP contribution < -0.4 is 11.3 Å². The van der Waals surface area contributed by atoms with E-state index in [-0.39, 0.29) is 0 Å². The quantitative estimate of drug-likeness (QED) is 0.663. The van der Waals surface area contributed by atoms with Crippen LogP contribution in [0.2, 0.25) is 10.0 Å². The van der Waals surface area contributed by atoms with E-state index in [2.05, 4.69) is 15.4 Å². The van der Waals surface area contributed by atoms with Crippen LogP contribution in [0.3, 0.4) is 0 Å². The number of halogens is 2. The molecule has 0 radical (unpaired) electrons. The average molecular weight is 277 g/mol. The molecule has 5 nitrogen and oxygen atoms in total. The molecule has 0 aliphatic rings. The monoisotopic (exact) mass is 276 g/mol. The summed E-state index contributed by atoms with van der Waals surface area (Å²) in [7, 11) is 0. The lowest BCUT2D eigenvalue weighted by Gasteiger charge is -2.05. The predicted octanol–water partition coefficient (Wildman–Crippen LogP) is 2.81. The molecule has 2 rings (SSSR count). The van der Waals surface area contributed by atoms with Crippen molar-refractivity contribution in [1.82, 2.24) is 9.97 Å². The molecule has 84 valence electrons. The number of hydrazine groups is 1. The van der Waals surface area contributed by atoms with Crippen molar-refractivity contribution in [1.29, 1.82) is 0 Å². The van der Waals surface area contributed by atoms with Crippen molar-refractivity contribution in [3.8, 4) is 0 Å². The van der Waals surface area contributed by atoms with E-state index in [1.54, 1.807) is 6.07 Å². The van der Waals surface area contributed by atoms with Crippen LogP contribution in [0.15, 0.2) is 33.2 Å². The van der Waals surface area contributed by atoms with Gasteiger partial charge in [-0.3, -0.25) is 0 Å². The second kappa shape index (κ2) is 4.92. The van der Waals surface area contributed by atoms with E-state index in [0.29, 0.717) is 26.1 Å². The zero-order chi connectivity index (χ0) is 11.5. The second-order valence-electron chi connectivity index (χ2n) is 2.65. The van der Waals surface area contributed by atoms with E-state index in [9.17, 15) is 0 Å². The minimum atomic E-state index is 0.347. The number of pyridine rings is 1. The maximum atomic E-state index is 5.97. The number of anilines is 1. The summed E-state index contributed by atoms with van der Waals surface area (Å²) in [5.41, 5.74) is 2.38. The number of rotatable bonds is 3. The molecule has 16 heavy (non-hydrogen) atoms. The van der Waals surface area contributed by atoms with Gasteiger partial charge < -0.3 is 9.84 Å². The average Bonchev–Trinajstić information content (AvgIpc) is 2.75. The van der Waals surface area contributed by atoms with Gasteiger partial charge in [-0.25, -0.2) is 15.8 Å². The number of nitrogens with zero attached hydrogens (tertiary/aromatic N) is 2. The SMILES string of the molecule is NNc1nc(Sc2ncco2)c(Cl)cc1Cl.